The third kappa shape index (κ3) is 5.04. The van der Waals surface area contributed by atoms with Gasteiger partial charge in [-0.2, -0.15) is 0 Å². The lowest BCUT2D eigenvalue weighted by Crippen LogP contribution is -2.39. The fraction of sp³-hybridized carbons (Fsp3) is 0.455. The maximum absolute atomic E-state index is 12.8. The van der Waals surface area contributed by atoms with Crippen molar-refractivity contribution in [2.45, 2.75) is 53.1 Å². The summed E-state index contributed by atoms with van der Waals surface area (Å²) in [5.74, 6) is 0.948. The van der Waals surface area contributed by atoms with Gasteiger partial charge in [0.05, 0.1) is 17.4 Å². The Balaban J connectivity index is 2.07. The molecule has 0 spiro atoms. The number of unbranched alkanes of at least 4 members (excludes halogenated alkanes) is 1. The molecule has 2 heterocycles. The van der Waals surface area contributed by atoms with Gasteiger partial charge >= 0.3 is 5.69 Å². The van der Waals surface area contributed by atoms with E-state index in [0.717, 1.165) is 19.3 Å². The van der Waals surface area contributed by atoms with E-state index in [0.29, 0.717) is 35.7 Å². The Morgan fingerprint density at radius 2 is 1.87 bits per heavy atom. The van der Waals surface area contributed by atoms with E-state index in [1.165, 1.54) is 4.57 Å². The number of para-hydroxylation sites is 1. The summed E-state index contributed by atoms with van der Waals surface area (Å²) in [6.45, 7) is 7.33. The van der Waals surface area contributed by atoms with Gasteiger partial charge in [0.1, 0.15) is 17.3 Å². The number of aromatic amines is 2. The highest BCUT2D eigenvalue weighted by atomic mass is 16.2. The maximum Gasteiger partial charge on any atom is 0.330 e. The predicted octanol–water partition coefficient (Wildman–Crippen LogP) is 2.21. The van der Waals surface area contributed by atoms with Crippen molar-refractivity contribution in [3.05, 3.63) is 61.3 Å². The van der Waals surface area contributed by atoms with Gasteiger partial charge in [0.2, 0.25) is 0 Å². The molecule has 0 saturated carbocycles. The Labute approximate surface area is 179 Å². The lowest BCUT2D eigenvalue weighted by Gasteiger charge is -2.26. The number of H-pyrrole nitrogens is 2. The van der Waals surface area contributed by atoms with Crippen molar-refractivity contribution in [3.8, 4) is 0 Å². The van der Waals surface area contributed by atoms with Gasteiger partial charge in [-0.1, -0.05) is 39.3 Å². The second kappa shape index (κ2) is 9.63. The SMILES string of the molecule is CCCCn1c(N)c(N(CCC(C)C)Cc2nc3ccccc3c(=O)[nH]2)c(=O)[nH]c1=O. The van der Waals surface area contributed by atoms with Gasteiger partial charge in [0.15, 0.2) is 0 Å². The Hall–Kier alpha value is -3.36. The second-order valence-corrected chi connectivity index (χ2v) is 8.13. The van der Waals surface area contributed by atoms with Crippen LogP contribution in [0.1, 0.15) is 45.9 Å². The van der Waals surface area contributed by atoms with E-state index in [2.05, 4.69) is 28.8 Å². The second-order valence-electron chi connectivity index (χ2n) is 8.13. The molecule has 166 valence electrons. The molecule has 0 saturated heterocycles. The van der Waals surface area contributed by atoms with Crippen molar-refractivity contribution in [2.75, 3.05) is 17.2 Å². The minimum atomic E-state index is -0.540. The van der Waals surface area contributed by atoms with Crippen molar-refractivity contribution in [2.24, 2.45) is 5.92 Å². The monoisotopic (exact) mass is 426 g/mol. The Kier molecular flexibility index (Phi) is 6.94. The van der Waals surface area contributed by atoms with Crippen LogP contribution in [0.4, 0.5) is 11.5 Å². The van der Waals surface area contributed by atoms with Crippen LogP contribution in [0.2, 0.25) is 0 Å². The zero-order valence-corrected chi connectivity index (χ0v) is 18.3. The molecular weight excluding hydrogens is 396 g/mol. The van der Waals surface area contributed by atoms with Gasteiger partial charge in [-0.05, 0) is 30.9 Å². The first-order valence-corrected chi connectivity index (χ1v) is 10.7. The maximum atomic E-state index is 12.8. The zero-order valence-electron chi connectivity index (χ0n) is 18.3. The number of nitrogens with two attached hydrogens (primary N) is 1. The van der Waals surface area contributed by atoms with Crippen LogP contribution in [0.15, 0.2) is 38.6 Å². The molecule has 3 aromatic rings. The number of aromatic nitrogens is 4. The first-order valence-electron chi connectivity index (χ1n) is 10.7. The molecule has 0 unspecified atom stereocenters. The first kappa shape index (κ1) is 22.3. The average molecular weight is 427 g/mol. The van der Waals surface area contributed by atoms with Gasteiger partial charge < -0.3 is 15.6 Å². The molecule has 0 fully saturated rings. The van der Waals surface area contributed by atoms with Crippen LogP contribution in [-0.4, -0.2) is 26.1 Å². The number of nitrogens with one attached hydrogen (secondary N) is 2. The van der Waals surface area contributed by atoms with Gasteiger partial charge in [-0.3, -0.25) is 19.1 Å². The van der Waals surface area contributed by atoms with E-state index >= 15 is 0 Å². The molecule has 9 nitrogen and oxygen atoms in total. The van der Waals surface area contributed by atoms with Crippen molar-refractivity contribution >= 4 is 22.4 Å². The number of nitrogens with zero attached hydrogens (tertiary/aromatic N) is 3. The summed E-state index contributed by atoms with van der Waals surface area (Å²) in [7, 11) is 0. The molecule has 9 heteroatoms. The lowest BCUT2D eigenvalue weighted by atomic mass is 10.1. The van der Waals surface area contributed by atoms with Crippen molar-refractivity contribution < 1.29 is 0 Å². The van der Waals surface area contributed by atoms with E-state index in [-0.39, 0.29) is 23.6 Å². The number of nitrogen functional groups attached to an aromatic ring is 1. The summed E-state index contributed by atoms with van der Waals surface area (Å²) in [4.78, 5) is 49.1. The largest absolute Gasteiger partial charge is 0.383 e. The number of benzene rings is 1. The van der Waals surface area contributed by atoms with Crippen molar-refractivity contribution in [3.63, 3.8) is 0 Å². The first-order chi connectivity index (χ1) is 14.8. The molecule has 0 bridgehead atoms. The molecule has 0 atom stereocenters. The van der Waals surface area contributed by atoms with E-state index in [1.54, 1.807) is 23.1 Å². The van der Waals surface area contributed by atoms with Crippen LogP contribution in [0.3, 0.4) is 0 Å². The fourth-order valence-corrected chi connectivity index (χ4v) is 3.50. The third-order valence-corrected chi connectivity index (χ3v) is 5.24. The Morgan fingerprint density at radius 1 is 1.13 bits per heavy atom. The molecule has 0 amide bonds. The molecule has 0 radical (unpaired) electrons. The van der Waals surface area contributed by atoms with Gasteiger partial charge in [-0.15, -0.1) is 0 Å². The summed E-state index contributed by atoms with van der Waals surface area (Å²) < 4.78 is 1.40. The van der Waals surface area contributed by atoms with E-state index in [9.17, 15) is 14.4 Å². The molecule has 0 aliphatic heterocycles. The highest BCUT2D eigenvalue weighted by molar-refractivity contribution is 5.77. The molecular formula is C22H30N6O3. The van der Waals surface area contributed by atoms with Gasteiger partial charge in [0.25, 0.3) is 11.1 Å². The van der Waals surface area contributed by atoms with Crippen molar-refractivity contribution in [1.82, 2.24) is 19.5 Å². The average Bonchev–Trinajstić information content (AvgIpc) is 2.71. The highest BCUT2D eigenvalue weighted by Crippen LogP contribution is 2.20. The molecule has 3 rings (SSSR count). The molecule has 4 N–H and O–H groups in total. The minimum Gasteiger partial charge on any atom is -0.383 e. The van der Waals surface area contributed by atoms with Crippen LogP contribution in [0, 0.1) is 5.92 Å². The van der Waals surface area contributed by atoms with Gasteiger partial charge in [-0.25, -0.2) is 9.78 Å². The van der Waals surface area contributed by atoms with Crippen LogP contribution in [0.25, 0.3) is 10.9 Å². The third-order valence-electron chi connectivity index (χ3n) is 5.24. The summed E-state index contributed by atoms with van der Waals surface area (Å²) in [5.41, 5.74) is 5.84. The summed E-state index contributed by atoms with van der Waals surface area (Å²) >= 11 is 0. The molecule has 0 aliphatic rings. The summed E-state index contributed by atoms with van der Waals surface area (Å²) in [6.07, 6.45) is 2.45. The Morgan fingerprint density at radius 3 is 2.58 bits per heavy atom. The number of fused-ring (bicyclic) bond motifs is 1. The molecule has 1 aromatic carbocycles. The zero-order chi connectivity index (χ0) is 22.5. The predicted molar refractivity (Wildman–Crippen MR) is 124 cm³/mol. The number of hydrogen-bond donors (Lipinski definition) is 3. The smallest absolute Gasteiger partial charge is 0.330 e. The van der Waals surface area contributed by atoms with Crippen LogP contribution in [0.5, 0.6) is 0 Å². The van der Waals surface area contributed by atoms with Crippen LogP contribution >= 0.6 is 0 Å². The minimum absolute atomic E-state index is 0.133. The normalized spacial score (nSPS) is 11.4. The molecule has 2 aromatic heterocycles. The summed E-state index contributed by atoms with van der Waals surface area (Å²) in [5, 5.41) is 0.505. The van der Waals surface area contributed by atoms with Gasteiger partial charge in [0, 0.05) is 13.1 Å². The number of hydrogen-bond acceptors (Lipinski definition) is 6. The van der Waals surface area contributed by atoms with Crippen LogP contribution < -0.4 is 27.4 Å². The fourth-order valence-electron chi connectivity index (χ4n) is 3.50. The Bertz CT molecular complexity index is 1220. The van der Waals surface area contributed by atoms with E-state index < -0.39 is 11.2 Å². The molecule has 31 heavy (non-hydrogen) atoms. The van der Waals surface area contributed by atoms with Crippen LogP contribution in [-0.2, 0) is 13.1 Å². The number of rotatable bonds is 9. The lowest BCUT2D eigenvalue weighted by molar-refractivity contribution is 0.562. The molecule has 0 aliphatic carbocycles. The van der Waals surface area contributed by atoms with Crippen molar-refractivity contribution in [1.29, 1.82) is 0 Å². The quantitative estimate of drug-likeness (QED) is 0.481. The van der Waals surface area contributed by atoms with E-state index in [1.807, 2.05) is 13.0 Å². The van der Waals surface area contributed by atoms with E-state index in [4.69, 9.17) is 5.73 Å². The standard InChI is InChI=1S/C22H30N6O3/c1-4-5-11-28-19(23)18(21(30)26-22(28)31)27(12-10-14(2)3)13-17-24-16-9-7-6-8-15(16)20(29)25-17/h6-9,14H,4-5,10-13,23H2,1-3H3,(H,24,25,29)(H,26,30,31). The summed E-state index contributed by atoms with van der Waals surface area (Å²) in [6, 6.07) is 7.10. The topological polar surface area (TPSA) is 130 Å². The number of anilines is 2. The highest BCUT2D eigenvalue weighted by Gasteiger charge is 2.20.